The van der Waals surface area contributed by atoms with Crippen molar-refractivity contribution in [2.75, 3.05) is 0 Å². The zero-order valence-corrected chi connectivity index (χ0v) is 22.4. The van der Waals surface area contributed by atoms with E-state index in [0.29, 0.717) is 0 Å². The number of hydrogen-bond acceptors (Lipinski definition) is 6. The van der Waals surface area contributed by atoms with Crippen molar-refractivity contribution in [2.24, 2.45) is 5.92 Å². The van der Waals surface area contributed by atoms with Crippen LogP contribution in [0.25, 0.3) is 11.1 Å². The Hall–Kier alpha value is -6.76. The molecule has 3 aromatic rings. The Bertz CT molecular complexity index is 2150. The summed E-state index contributed by atoms with van der Waals surface area (Å²) in [5, 5.41) is 56.0. The van der Waals surface area contributed by atoms with Crippen molar-refractivity contribution in [3.63, 3.8) is 0 Å². The fourth-order valence-electron chi connectivity index (χ4n) is 4.88. The molecule has 0 amide bonds. The highest BCUT2D eigenvalue weighted by Gasteiger charge is 2.53. The molecule has 1 fully saturated rings. The Morgan fingerprint density at radius 3 is 0.917 bits per heavy atom. The van der Waals surface area contributed by atoms with Gasteiger partial charge in [0.15, 0.2) is 69.8 Å². The number of rotatable bonds is 4. The van der Waals surface area contributed by atoms with Crippen molar-refractivity contribution in [2.45, 2.75) is 5.92 Å². The number of halogens is 12. The molecule has 0 radical (unpaired) electrons. The van der Waals surface area contributed by atoms with E-state index in [-0.39, 0.29) is 0 Å². The van der Waals surface area contributed by atoms with Gasteiger partial charge in [-0.2, -0.15) is 31.6 Å². The highest BCUT2D eigenvalue weighted by atomic mass is 19.2. The summed E-state index contributed by atoms with van der Waals surface area (Å²) >= 11 is 0. The Kier molecular flexibility index (Phi) is 8.68. The SMILES string of the molecule is N#CC(=C1/C(=C(\C#N)c2c(F)c(F)c(C#N)c(F)c2F)C1C(C#N)c1c(F)c(F)c(C#N)c(F)c1F)c1c(F)c(F)c(C#N)c(F)c1F. The summed E-state index contributed by atoms with van der Waals surface area (Å²) in [6, 6.07) is 5.38. The van der Waals surface area contributed by atoms with E-state index < -0.39 is 137 Å². The maximum Gasteiger partial charge on any atom is 0.180 e. The molecule has 0 aliphatic heterocycles. The minimum absolute atomic E-state index is 0.775. The van der Waals surface area contributed by atoms with Crippen LogP contribution in [0.3, 0.4) is 0 Å². The topological polar surface area (TPSA) is 143 Å². The van der Waals surface area contributed by atoms with Crippen LogP contribution in [0.15, 0.2) is 11.1 Å². The standard InChI is InChI=1S/C30H2F12N6/c31-19-10(4-46)20(32)26(38)16(25(19)37)7(1-43)13-14(8(2-44)17-27(39)21(33)11(5-47)22(34)28(17)40)15(13)9(3-45)18-29(41)23(35)12(6-48)24(36)30(18)42/h7,13H/b14-8+,15-9?. The lowest BCUT2D eigenvalue weighted by molar-refractivity contribution is 0.429. The first kappa shape index (κ1) is 34.1. The van der Waals surface area contributed by atoms with Gasteiger partial charge in [0.2, 0.25) is 0 Å². The van der Waals surface area contributed by atoms with Crippen LogP contribution in [-0.2, 0) is 0 Å². The summed E-state index contributed by atoms with van der Waals surface area (Å²) < 4.78 is 177. The van der Waals surface area contributed by atoms with E-state index in [9.17, 15) is 42.1 Å². The maximum absolute atomic E-state index is 15.1. The first-order chi connectivity index (χ1) is 22.6. The molecular weight excluding hydrogens is 672 g/mol. The quantitative estimate of drug-likeness (QED) is 0.163. The number of hydrogen-bond donors (Lipinski definition) is 0. The summed E-state index contributed by atoms with van der Waals surface area (Å²) in [6.45, 7) is 0. The molecule has 0 aromatic heterocycles. The lowest BCUT2D eigenvalue weighted by Crippen LogP contribution is -2.12. The van der Waals surface area contributed by atoms with Gasteiger partial charge in [-0.1, -0.05) is 0 Å². The van der Waals surface area contributed by atoms with Crippen molar-refractivity contribution >= 4 is 11.1 Å². The molecule has 0 N–H and O–H groups in total. The highest BCUT2D eigenvalue weighted by Crippen LogP contribution is 2.60. The van der Waals surface area contributed by atoms with Gasteiger partial charge in [0, 0.05) is 11.5 Å². The molecule has 18 heteroatoms. The average molecular weight is 674 g/mol. The van der Waals surface area contributed by atoms with E-state index in [1.165, 1.54) is 0 Å². The van der Waals surface area contributed by atoms with Gasteiger partial charge in [-0.3, -0.25) is 0 Å². The Morgan fingerprint density at radius 1 is 0.417 bits per heavy atom. The van der Waals surface area contributed by atoms with Crippen LogP contribution >= 0.6 is 0 Å². The summed E-state index contributed by atoms with van der Waals surface area (Å²) in [7, 11) is 0. The van der Waals surface area contributed by atoms with Crippen LogP contribution in [0.5, 0.6) is 0 Å². The Morgan fingerprint density at radius 2 is 0.688 bits per heavy atom. The van der Waals surface area contributed by atoms with E-state index in [4.69, 9.17) is 15.8 Å². The van der Waals surface area contributed by atoms with Crippen LogP contribution in [0.2, 0.25) is 0 Å². The van der Waals surface area contributed by atoms with Gasteiger partial charge in [-0.05, 0) is 11.1 Å². The van der Waals surface area contributed by atoms with E-state index in [1.807, 2.05) is 0 Å². The normalized spacial score (nSPS) is 16.0. The third kappa shape index (κ3) is 4.64. The fourth-order valence-corrected chi connectivity index (χ4v) is 4.88. The molecule has 48 heavy (non-hydrogen) atoms. The van der Waals surface area contributed by atoms with Crippen LogP contribution < -0.4 is 0 Å². The molecule has 1 aliphatic rings. The van der Waals surface area contributed by atoms with Gasteiger partial charge in [-0.25, -0.2) is 52.7 Å². The Balaban J connectivity index is 2.27. The van der Waals surface area contributed by atoms with Gasteiger partial charge in [-0.15, -0.1) is 0 Å². The predicted molar refractivity (Wildman–Crippen MR) is 130 cm³/mol. The second-order valence-electron chi connectivity index (χ2n) is 9.28. The molecule has 3 aromatic carbocycles. The molecule has 236 valence electrons. The monoisotopic (exact) mass is 674 g/mol. The molecule has 2 atom stereocenters. The third-order valence-electron chi connectivity index (χ3n) is 7.03. The van der Waals surface area contributed by atoms with Gasteiger partial charge >= 0.3 is 0 Å². The summed E-state index contributed by atoms with van der Waals surface area (Å²) in [5.74, 6) is -34.9. The summed E-state index contributed by atoms with van der Waals surface area (Å²) in [5.41, 5.74) is -17.7. The average Bonchev–Trinajstić information content (AvgIpc) is 3.78. The first-order valence-electron chi connectivity index (χ1n) is 12.1. The lowest BCUT2D eigenvalue weighted by Gasteiger charge is -2.13. The fraction of sp³-hybridized carbons (Fsp3) is 0.0667. The molecule has 0 bridgehead atoms. The van der Waals surface area contributed by atoms with Gasteiger partial charge in [0.25, 0.3) is 0 Å². The minimum Gasteiger partial charge on any atom is -0.203 e. The van der Waals surface area contributed by atoms with Crippen LogP contribution in [0, 0.1) is 144 Å². The smallest absolute Gasteiger partial charge is 0.180 e. The van der Waals surface area contributed by atoms with Gasteiger partial charge in [0.05, 0.1) is 34.3 Å². The second-order valence-corrected chi connectivity index (χ2v) is 9.28. The molecule has 0 spiro atoms. The van der Waals surface area contributed by atoms with Gasteiger partial charge in [0.1, 0.15) is 47.0 Å². The summed E-state index contributed by atoms with van der Waals surface area (Å²) in [6.07, 6.45) is 0. The van der Waals surface area contributed by atoms with Crippen molar-refractivity contribution in [1.82, 2.24) is 0 Å². The van der Waals surface area contributed by atoms with E-state index in [0.717, 1.165) is 36.4 Å². The molecule has 2 unspecified atom stereocenters. The highest BCUT2D eigenvalue weighted by molar-refractivity contribution is 5.98. The molecule has 1 aliphatic carbocycles. The van der Waals surface area contributed by atoms with Crippen molar-refractivity contribution in [1.29, 1.82) is 31.6 Å². The largest absolute Gasteiger partial charge is 0.203 e. The van der Waals surface area contributed by atoms with Crippen LogP contribution in [0.1, 0.15) is 39.3 Å². The zero-order chi connectivity index (χ0) is 36.1. The lowest BCUT2D eigenvalue weighted by atomic mass is 9.90. The van der Waals surface area contributed by atoms with Crippen molar-refractivity contribution in [3.05, 3.63) is 114 Å². The van der Waals surface area contributed by atoms with Gasteiger partial charge < -0.3 is 0 Å². The zero-order valence-electron chi connectivity index (χ0n) is 22.4. The maximum atomic E-state index is 15.1. The Labute approximate surface area is 258 Å². The summed E-state index contributed by atoms with van der Waals surface area (Å²) in [4.78, 5) is 0. The molecule has 0 saturated heterocycles. The third-order valence-corrected chi connectivity index (χ3v) is 7.03. The van der Waals surface area contributed by atoms with E-state index >= 15 is 26.3 Å². The molecule has 4 rings (SSSR count). The molecular formula is C30H2F12N6. The van der Waals surface area contributed by atoms with E-state index in [2.05, 4.69) is 0 Å². The number of nitriles is 6. The minimum atomic E-state index is -2.84. The van der Waals surface area contributed by atoms with Crippen LogP contribution in [-0.4, -0.2) is 0 Å². The molecule has 0 heterocycles. The number of nitrogens with zero attached hydrogens (tertiary/aromatic N) is 6. The first-order valence-corrected chi connectivity index (χ1v) is 12.1. The number of allylic oxidation sites excluding steroid dienone is 4. The predicted octanol–water partition coefficient (Wildman–Crippen LogP) is 7.16. The van der Waals surface area contributed by atoms with Crippen LogP contribution in [0.4, 0.5) is 52.7 Å². The van der Waals surface area contributed by atoms with Crippen molar-refractivity contribution < 1.29 is 52.7 Å². The molecule has 1 saturated carbocycles. The molecule has 6 nitrogen and oxygen atoms in total. The second kappa shape index (κ2) is 12.2. The van der Waals surface area contributed by atoms with Crippen molar-refractivity contribution in [3.8, 4) is 36.4 Å². The van der Waals surface area contributed by atoms with E-state index in [1.54, 1.807) is 0 Å². The number of benzene rings is 3.